The number of benzene rings is 4. The molecule has 0 fully saturated rings. The predicted octanol–water partition coefficient (Wildman–Crippen LogP) is 6.07. The van der Waals surface area contributed by atoms with Gasteiger partial charge in [-0.3, -0.25) is 0 Å². The third-order valence-electron chi connectivity index (χ3n) is 5.35. The first kappa shape index (κ1) is 18.4. The van der Waals surface area contributed by atoms with Crippen LogP contribution in [0.5, 0.6) is 17.2 Å². The normalized spacial score (nSPS) is 12.2. The molecule has 30 heavy (non-hydrogen) atoms. The molecule has 0 bridgehead atoms. The molecule has 0 radical (unpaired) electrons. The van der Waals surface area contributed by atoms with Crippen molar-refractivity contribution in [1.82, 2.24) is 0 Å². The van der Waals surface area contributed by atoms with Gasteiger partial charge in [0, 0.05) is 23.9 Å². The van der Waals surface area contributed by atoms with Crippen molar-refractivity contribution in [3.8, 4) is 17.2 Å². The van der Waals surface area contributed by atoms with Crippen LogP contribution in [0.1, 0.15) is 16.7 Å². The van der Waals surface area contributed by atoms with Gasteiger partial charge >= 0.3 is 0 Å². The highest BCUT2D eigenvalue weighted by Crippen LogP contribution is 2.35. The van der Waals surface area contributed by atoms with E-state index >= 15 is 0 Å². The zero-order valence-electron chi connectivity index (χ0n) is 16.9. The SMILES string of the molecule is Cc1ccc(COc2ccc3ccccc3c2CNc2ccc3c(c2)OCO3)cc1. The van der Waals surface area contributed by atoms with E-state index in [0.29, 0.717) is 13.2 Å². The van der Waals surface area contributed by atoms with Gasteiger partial charge in [0.25, 0.3) is 0 Å². The zero-order chi connectivity index (χ0) is 20.3. The van der Waals surface area contributed by atoms with Gasteiger partial charge in [-0.05, 0) is 41.5 Å². The fourth-order valence-corrected chi connectivity index (χ4v) is 3.68. The van der Waals surface area contributed by atoms with Crippen molar-refractivity contribution in [2.24, 2.45) is 0 Å². The molecule has 0 amide bonds. The van der Waals surface area contributed by atoms with E-state index in [1.54, 1.807) is 0 Å². The van der Waals surface area contributed by atoms with Crippen LogP contribution in [0.3, 0.4) is 0 Å². The summed E-state index contributed by atoms with van der Waals surface area (Å²) in [5.74, 6) is 2.45. The van der Waals surface area contributed by atoms with Crippen LogP contribution in [-0.2, 0) is 13.2 Å². The van der Waals surface area contributed by atoms with Crippen LogP contribution in [0, 0.1) is 6.92 Å². The van der Waals surface area contributed by atoms with Crippen LogP contribution in [0.4, 0.5) is 5.69 Å². The van der Waals surface area contributed by atoms with Gasteiger partial charge in [-0.25, -0.2) is 0 Å². The third-order valence-corrected chi connectivity index (χ3v) is 5.35. The van der Waals surface area contributed by atoms with Crippen molar-refractivity contribution in [3.63, 3.8) is 0 Å². The minimum atomic E-state index is 0.277. The number of aryl methyl sites for hydroxylation is 1. The average Bonchev–Trinajstić information content (AvgIpc) is 3.25. The summed E-state index contributed by atoms with van der Waals surface area (Å²) in [6.07, 6.45) is 0. The highest BCUT2D eigenvalue weighted by Gasteiger charge is 2.14. The van der Waals surface area contributed by atoms with Gasteiger partial charge < -0.3 is 19.5 Å². The minimum Gasteiger partial charge on any atom is -0.489 e. The molecule has 0 aliphatic carbocycles. The summed E-state index contributed by atoms with van der Waals surface area (Å²) in [7, 11) is 0. The predicted molar refractivity (Wildman–Crippen MR) is 119 cm³/mol. The Morgan fingerprint density at radius 1 is 0.867 bits per heavy atom. The highest BCUT2D eigenvalue weighted by molar-refractivity contribution is 5.88. The smallest absolute Gasteiger partial charge is 0.231 e. The Bertz CT molecular complexity index is 1180. The number of rotatable bonds is 6. The monoisotopic (exact) mass is 397 g/mol. The van der Waals surface area contributed by atoms with Crippen molar-refractivity contribution in [1.29, 1.82) is 0 Å². The van der Waals surface area contributed by atoms with E-state index in [9.17, 15) is 0 Å². The molecular weight excluding hydrogens is 374 g/mol. The molecule has 1 heterocycles. The van der Waals surface area contributed by atoms with Gasteiger partial charge in [0.15, 0.2) is 11.5 Å². The topological polar surface area (TPSA) is 39.7 Å². The van der Waals surface area contributed by atoms with Gasteiger partial charge in [-0.15, -0.1) is 0 Å². The quantitative estimate of drug-likeness (QED) is 0.429. The van der Waals surface area contributed by atoms with Gasteiger partial charge in [0.05, 0.1) is 0 Å². The van der Waals surface area contributed by atoms with Gasteiger partial charge in [0.2, 0.25) is 6.79 Å². The average molecular weight is 397 g/mol. The Hall–Kier alpha value is -3.66. The zero-order valence-corrected chi connectivity index (χ0v) is 16.9. The summed E-state index contributed by atoms with van der Waals surface area (Å²) in [6, 6.07) is 26.9. The Balaban J connectivity index is 1.41. The first-order valence-electron chi connectivity index (χ1n) is 10.1. The van der Waals surface area contributed by atoms with E-state index in [4.69, 9.17) is 14.2 Å². The molecule has 0 unspecified atom stereocenters. The lowest BCUT2D eigenvalue weighted by atomic mass is 10.0. The fraction of sp³-hybridized carbons (Fsp3) is 0.154. The number of anilines is 1. The van der Waals surface area contributed by atoms with E-state index in [2.05, 4.69) is 72.9 Å². The summed E-state index contributed by atoms with van der Waals surface area (Å²) >= 11 is 0. The first-order valence-corrected chi connectivity index (χ1v) is 10.1. The van der Waals surface area contributed by atoms with E-state index in [1.165, 1.54) is 16.3 Å². The van der Waals surface area contributed by atoms with Gasteiger partial charge in [-0.2, -0.15) is 0 Å². The molecule has 4 aromatic rings. The molecule has 0 saturated heterocycles. The maximum Gasteiger partial charge on any atom is 0.231 e. The number of ether oxygens (including phenoxy) is 3. The molecule has 0 aromatic heterocycles. The number of hydrogen-bond donors (Lipinski definition) is 1. The summed E-state index contributed by atoms with van der Waals surface area (Å²) in [5.41, 5.74) is 4.52. The Morgan fingerprint density at radius 2 is 1.70 bits per heavy atom. The van der Waals surface area contributed by atoms with Crippen molar-refractivity contribution < 1.29 is 14.2 Å². The Kier molecular flexibility index (Phi) is 4.89. The maximum absolute atomic E-state index is 6.25. The third kappa shape index (κ3) is 3.77. The first-order chi connectivity index (χ1) is 14.8. The van der Waals surface area contributed by atoms with Crippen LogP contribution in [0.15, 0.2) is 78.9 Å². The molecule has 4 heteroatoms. The summed E-state index contributed by atoms with van der Waals surface area (Å²) in [5, 5.41) is 5.90. The molecule has 1 aliphatic rings. The maximum atomic E-state index is 6.25. The molecule has 0 saturated carbocycles. The van der Waals surface area contributed by atoms with Crippen molar-refractivity contribution >= 4 is 16.5 Å². The molecular formula is C26H23NO3. The molecule has 4 aromatic carbocycles. The van der Waals surface area contributed by atoms with Crippen LogP contribution in [0.25, 0.3) is 10.8 Å². The molecule has 0 atom stereocenters. The lowest BCUT2D eigenvalue weighted by molar-refractivity contribution is 0.174. The van der Waals surface area contributed by atoms with E-state index in [-0.39, 0.29) is 6.79 Å². The molecule has 4 nitrogen and oxygen atoms in total. The van der Waals surface area contributed by atoms with E-state index < -0.39 is 0 Å². The van der Waals surface area contributed by atoms with Gasteiger partial charge in [-0.1, -0.05) is 60.2 Å². The lowest BCUT2D eigenvalue weighted by Crippen LogP contribution is -2.05. The highest BCUT2D eigenvalue weighted by atomic mass is 16.7. The summed E-state index contributed by atoms with van der Waals surface area (Å²) in [6.45, 7) is 3.55. The number of fused-ring (bicyclic) bond motifs is 2. The largest absolute Gasteiger partial charge is 0.489 e. The summed E-state index contributed by atoms with van der Waals surface area (Å²) in [4.78, 5) is 0. The second-order valence-corrected chi connectivity index (χ2v) is 7.46. The second-order valence-electron chi connectivity index (χ2n) is 7.46. The van der Waals surface area contributed by atoms with Crippen molar-refractivity contribution in [2.75, 3.05) is 12.1 Å². The van der Waals surface area contributed by atoms with Crippen LogP contribution >= 0.6 is 0 Å². The van der Waals surface area contributed by atoms with E-state index in [0.717, 1.165) is 34.1 Å². The standard InChI is InChI=1S/C26H23NO3/c1-18-6-8-19(9-7-18)16-28-24-12-10-20-4-2-3-5-22(20)23(24)15-27-21-11-13-25-26(14-21)30-17-29-25/h2-14,27H,15-17H2,1H3. The fourth-order valence-electron chi connectivity index (χ4n) is 3.68. The number of hydrogen-bond acceptors (Lipinski definition) is 4. The number of nitrogens with one attached hydrogen (secondary N) is 1. The van der Waals surface area contributed by atoms with Gasteiger partial charge in [0.1, 0.15) is 12.4 Å². The lowest BCUT2D eigenvalue weighted by Gasteiger charge is -2.16. The van der Waals surface area contributed by atoms with Crippen LogP contribution < -0.4 is 19.5 Å². The van der Waals surface area contributed by atoms with E-state index in [1.807, 2.05) is 18.2 Å². The van der Waals surface area contributed by atoms with Crippen LogP contribution in [-0.4, -0.2) is 6.79 Å². The molecule has 1 N–H and O–H groups in total. The minimum absolute atomic E-state index is 0.277. The summed E-state index contributed by atoms with van der Waals surface area (Å²) < 4.78 is 17.1. The Morgan fingerprint density at radius 3 is 2.60 bits per heavy atom. The van der Waals surface area contributed by atoms with Crippen LogP contribution in [0.2, 0.25) is 0 Å². The molecule has 150 valence electrons. The molecule has 5 rings (SSSR count). The van der Waals surface area contributed by atoms with Crippen molar-refractivity contribution in [2.45, 2.75) is 20.1 Å². The van der Waals surface area contributed by atoms with Crippen molar-refractivity contribution in [3.05, 3.63) is 95.6 Å². The molecule has 1 aliphatic heterocycles. The molecule has 0 spiro atoms. The Labute approximate surface area is 176 Å². The second kappa shape index (κ2) is 7.99.